The van der Waals surface area contributed by atoms with Gasteiger partial charge in [-0.3, -0.25) is 4.98 Å². The van der Waals surface area contributed by atoms with Gasteiger partial charge in [0.2, 0.25) is 5.88 Å². The van der Waals surface area contributed by atoms with E-state index in [2.05, 4.69) is 30.6 Å². The number of nitrogens with one attached hydrogen (secondary N) is 1. The van der Waals surface area contributed by atoms with E-state index in [1.807, 2.05) is 24.3 Å². The van der Waals surface area contributed by atoms with Crippen LogP contribution in [-0.2, 0) is 17.9 Å². The van der Waals surface area contributed by atoms with Crippen LogP contribution < -0.4 is 19.5 Å². The van der Waals surface area contributed by atoms with Gasteiger partial charge in [0.05, 0.1) is 27.0 Å². The number of hydrogen-bond acceptors (Lipinski definition) is 9. The molecule has 0 spiro atoms. The first kappa shape index (κ1) is 21.8. The molecule has 2 heterocycles. The van der Waals surface area contributed by atoms with E-state index >= 15 is 0 Å². The molecule has 0 atom stereocenters. The predicted octanol–water partition coefficient (Wildman–Crippen LogP) is 4.30. The van der Waals surface area contributed by atoms with Gasteiger partial charge in [0, 0.05) is 28.8 Å². The van der Waals surface area contributed by atoms with Crippen LogP contribution in [0.5, 0.6) is 17.4 Å². The summed E-state index contributed by atoms with van der Waals surface area (Å²) in [6, 6.07) is 9.21. The average molecular weight is 494 g/mol. The van der Waals surface area contributed by atoms with E-state index in [0.717, 1.165) is 21.6 Å². The Bertz CT molecular complexity index is 1010. The summed E-state index contributed by atoms with van der Waals surface area (Å²) < 4.78 is 26.4. The molecule has 0 bridgehead atoms. The van der Waals surface area contributed by atoms with E-state index in [-0.39, 0.29) is 18.1 Å². The molecule has 0 saturated carbocycles. The number of carbonyl (C=O) groups excluding carboxylic acids is 1. The number of aromatic nitrogens is 2. The summed E-state index contributed by atoms with van der Waals surface area (Å²) in [4.78, 5) is 16.6. The molecular formula is C20H20BrN3O5S. The van der Waals surface area contributed by atoms with Gasteiger partial charge in [-0.2, -0.15) is 4.37 Å². The van der Waals surface area contributed by atoms with Crippen molar-refractivity contribution in [1.29, 1.82) is 0 Å². The molecule has 0 aliphatic rings. The highest BCUT2D eigenvalue weighted by Gasteiger charge is 2.23. The number of methoxy groups -OCH3 is 3. The number of pyridine rings is 1. The number of halogens is 1. The van der Waals surface area contributed by atoms with Crippen LogP contribution in [0.1, 0.15) is 21.6 Å². The van der Waals surface area contributed by atoms with Gasteiger partial charge in [-0.25, -0.2) is 4.79 Å². The first-order valence-corrected chi connectivity index (χ1v) is 10.4. The monoisotopic (exact) mass is 493 g/mol. The lowest BCUT2D eigenvalue weighted by Gasteiger charge is -2.12. The fourth-order valence-corrected chi connectivity index (χ4v) is 3.54. The van der Waals surface area contributed by atoms with Crippen LogP contribution >= 0.6 is 27.5 Å². The predicted molar refractivity (Wildman–Crippen MR) is 117 cm³/mol. The number of ether oxygens (including phenoxy) is 4. The van der Waals surface area contributed by atoms with Crippen molar-refractivity contribution in [2.24, 2.45) is 0 Å². The lowest BCUT2D eigenvalue weighted by atomic mass is 10.2. The molecule has 1 N–H and O–H groups in total. The largest absolute Gasteiger partial charge is 0.497 e. The van der Waals surface area contributed by atoms with Crippen LogP contribution in [0.3, 0.4) is 0 Å². The Balaban J connectivity index is 1.76. The molecule has 2 aromatic heterocycles. The van der Waals surface area contributed by atoms with Crippen molar-refractivity contribution in [2.75, 3.05) is 26.6 Å². The third-order valence-electron chi connectivity index (χ3n) is 4.13. The quantitative estimate of drug-likeness (QED) is 0.441. The molecule has 3 rings (SSSR count). The highest BCUT2D eigenvalue weighted by atomic mass is 79.9. The highest BCUT2D eigenvalue weighted by molar-refractivity contribution is 9.10. The zero-order valence-electron chi connectivity index (χ0n) is 16.6. The minimum Gasteiger partial charge on any atom is -0.497 e. The summed E-state index contributed by atoms with van der Waals surface area (Å²) in [5.41, 5.74) is 1.84. The van der Waals surface area contributed by atoms with Gasteiger partial charge in [0.15, 0.2) is 5.56 Å². The number of benzene rings is 1. The molecule has 3 aromatic rings. The van der Waals surface area contributed by atoms with Crippen LogP contribution in [-0.4, -0.2) is 36.7 Å². The third kappa shape index (κ3) is 5.19. The first-order chi connectivity index (χ1) is 14.5. The SMILES string of the molecule is COC(=O)c1c(OCc2ccc(Br)cn2)nsc1NCc1ccc(OC)cc1OC. The summed E-state index contributed by atoms with van der Waals surface area (Å²) in [5, 5.41) is 3.76. The summed E-state index contributed by atoms with van der Waals surface area (Å²) in [6.07, 6.45) is 1.68. The molecule has 0 fully saturated rings. The zero-order valence-corrected chi connectivity index (χ0v) is 19.0. The van der Waals surface area contributed by atoms with Gasteiger partial charge in [0.25, 0.3) is 0 Å². The fourth-order valence-electron chi connectivity index (χ4n) is 2.58. The van der Waals surface area contributed by atoms with Gasteiger partial charge in [-0.1, -0.05) is 0 Å². The van der Waals surface area contributed by atoms with E-state index in [4.69, 9.17) is 18.9 Å². The van der Waals surface area contributed by atoms with Crippen molar-refractivity contribution >= 4 is 38.4 Å². The van der Waals surface area contributed by atoms with E-state index in [0.29, 0.717) is 28.7 Å². The number of esters is 1. The average Bonchev–Trinajstić information content (AvgIpc) is 3.19. The van der Waals surface area contributed by atoms with Gasteiger partial charge < -0.3 is 24.3 Å². The third-order valence-corrected chi connectivity index (χ3v) is 5.39. The van der Waals surface area contributed by atoms with Gasteiger partial charge in [0.1, 0.15) is 23.1 Å². The molecule has 0 aliphatic carbocycles. The standard InChI is InChI=1S/C20H20BrN3O5S/c1-26-15-7-4-12(16(8-15)27-2)9-23-19-17(20(25)28-3)18(24-30-19)29-11-14-6-5-13(21)10-22-14/h4-8,10,23H,9,11H2,1-3H3. The Morgan fingerprint density at radius 3 is 2.67 bits per heavy atom. The maximum atomic E-state index is 12.4. The second-order valence-electron chi connectivity index (χ2n) is 5.97. The van der Waals surface area contributed by atoms with Crippen molar-refractivity contribution in [3.8, 4) is 17.4 Å². The maximum Gasteiger partial charge on any atom is 0.346 e. The molecular weight excluding hydrogens is 474 g/mol. The lowest BCUT2D eigenvalue weighted by Crippen LogP contribution is -2.09. The van der Waals surface area contributed by atoms with E-state index in [9.17, 15) is 4.79 Å². The molecule has 158 valence electrons. The Morgan fingerprint density at radius 2 is 2.00 bits per heavy atom. The lowest BCUT2D eigenvalue weighted by molar-refractivity contribution is 0.0596. The second kappa shape index (κ2) is 10.3. The molecule has 0 amide bonds. The molecule has 0 saturated heterocycles. The van der Waals surface area contributed by atoms with Crippen molar-refractivity contribution in [3.63, 3.8) is 0 Å². The van der Waals surface area contributed by atoms with E-state index in [1.54, 1.807) is 26.5 Å². The number of anilines is 1. The van der Waals surface area contributed by atoms with Crippen LogP contribution in [0, 0.1) is 0 Å². The van der Waals surface area contributed by atoms with Gasteiger partial charge in [-0.05, 0) is 51.7 Å². The van der Waals surface area contributed by atoms with E-state index in [1.165, 1.54) is 7.11 Å². The number of rotatable bonds is 9. The van der Waals surface area contributed by atoms with Crippen molar-refractivity contribution in [2.45, 2.75) is 13.2 Å². The van der Waals surface area contributed by atoms with Crippen molar-refractivity contribution < 1.29 is 23.7 Å². The van der Waals surface area contributed by atoms with Gasteiger partial charge >= 0.3 is 5.97 Å². The second-order valence-corrected chi connectivity index (χ2v) is 7.66. The Labute approximate surface area is 186 Å². The molecule has 10 heteroatoms. The molecule has 1 aromatic carbocycles. The minimum absolute atomic E-state index is 0.173. The van der Waals surface area contributed by atoms with Crippen LogP contribution in [0.2, 0.25) is 0 Å². The maximum absolute atomic E-state index is 12.4. The van der Waals surface area contributed by atoms with Crippen LogP contribution in [0.15, 0.2) is 41.0 Å². The van der Waals surface area contributed by atoms with E-state index < -0.39 is 5.97 Å². The fraction of sp³-hybridized carbons (Fsp3) is 0.250. The number of hydrogen-bond donors (Lipinski definition) is 1. The normalized spacial score (nSPS) is 10.4. The van der Waals surface area contributed by atoms with Gasteiger partial charge in [-0.15, -0.1) is 0 Å². The molecule has 8 nitrogen and oxygen atoms in total. The smallest absolute Gasteiger partial charge is 0.346 e. The Hall–Kier alpha value is -2.85. The summed E-state index contributed by atoms with van der Waals surface area (Å²) >= 11 is 4.46. The molecule has 0 radical (unpaired) electrons. The summed E-state index contributed by atoms with van der Waals surface area (Å²) in [5.74, 6) is 1.03. The Kier molecular flexibility index (Phi) is 7.47. The van der Waals surface area contributed by atoms with Crippen molar-refractivity contribution in [1.82, 2.24) is 9.36 Å². The number of nitrogens with zero attached hydrogens (tertiary/aromatic N) is 2. The van der Waals surface area contributed by atoms with Crippen LogP contribution in [0.4, 0.5) is 5.00 Å². The zero-order chi connectivity index (χ0) is 21.5. The minimum atomic E-state index is -0.535. The highest BCUT2D eigenvalue weighted by Crippen LogP contribution is 2.33. The molecule has 0 aliphatic heterocycles. The summed E-state index contributed by atoms with van der Waals surface area (Å²) in [7, 11) is 4.50. The van der Waals surface area contributed by atoms with Crippen molar-refractivity contribution in [3.05, 3.63) is 57.8 Å². The Morgan fingerprint density at radius 1 is 1.17 bits per heavy atom. The number of carbonyl (C=O) groups is 1. The molecule has 30 heavy (non-hydrogen) atoms. The molecule has 0 unspecified atom stereocenters. The van der Waals surface area contributed by atoms with Crippen LogP contribution in [0.25, 0.3) is 0 Å². The first-order valence-electron chi connectivity index (χ1n) is 8.81. The topological polar surface area (TPSA) is 91.8 Å². The summed E-state index contributed by atoms with van der Waals surface area (Å²) in [6.45, 7) is 0.583.